The number of likely N-dealkylation sites (tertiary alicyclic amines) is 1. The molecule has 1 saturated heterocycles. The number of aromatic nitrogens is 1. The Labute approximate surface area is 242 Å². The SMILES string of the molecule is COc1ccc2nccc([C@@H](F)CCC3CCN(CCCSc4ccccc4C(F)(F)F)CC3CCC(=O)O)c2c1. The van der Waals surface area contributed by atoms with Crippen molar-refractivity contribution in [3.8, 4) is 5.75 Å². The van der Waals surface area contributed by atoms with Gasteiger partial charge in [-0.25, -0.2) is 4.39 Å². The third-order valence-corrected chi connectivity index (χ3v) is 9.04. The van der Waals surface area contributed by atoms with Gasteiger partial charge in [-0.2, -0.15) is 13.2 Å². The van der Waals surface area contributed by atoms with Crippen molar-refractivity contribution in [2.24, 2.45) is 11.8 Å². The van der Waals surface area contributed by atoms with Crippen molar-refractivity contribution >= 4 is 28.6 Å². The minimum Gasteiger partial charge on any atom is -0.497 e. The Hall–Kier alpha value is -2.85. The number of methoxy groups -OCH3 is 1. The number of rotatable bonds is 13. The third-order valence-electron chi connectivity index (χ3n) is 7.88. The molecule has 0 radical (unpaired) electrons. The van der Waals surface area contributed by atoms with Gasteiger partial charge in [0.25, 0.3) is 0 Å². The summed E-state index contributed by atoms with van der Waals surface area (Å²) in [6.07, 6.45) is -0.809. The number of halogens is 4. The maximum atomic E-state index is 15.6. The maximum Gasteiger partial charge on any atom is 0.417 e. The van der Waals surface area contributed by atoms with E-state index in [1.807, 2.05) is 6.07 Å². The van der Waals surface area contributed by atoms with Crippen molar-refractivity contribution in [3.63, 3.8) is 0 Å². The highest BCUT2D eigenvalue weighted by molar-refractivity contribution is 7.99. The van der Waals surface area contributed by atoms with Crippen LogP contribution in [0.3, 0.4) is 0 Å². The molecule has 41 heavy (non-hydrogen) atoms. The highest BCUT2D eigenvalue weighted by Crippen LogP contribution is 2.38. The lowest BCUT2D eigenvalue weighted by molar-refractivity contribution is -0.140. The summed E-state index contributed by atoms with van der Waals surface area (Å²) in [5, 5.41) is 10.0. The molecule has 0 bridgehead atoms. The summed E-state index contributed by atoms with van der Waals surface area (Å²) >= 11 is 1.21. The van der Waals surface area contributed by atoms with Crippen LogP contribution < -0.4 is 4.74 Å². The number of ether oxygens (including phenoxy) is 1. The second kappa shape index (κ2) is 14.4. The lowest BCUT2D eigenvalue weighted by atomic mass is 9.79. The van der Waals surface area contributed by atoms with Gasteiger partial charge in [-0.1, -0.05) is 12.1 Å². The number of aliphatic carboxylic acids is 1. The van der Waals surface area contributed by atoms with E-state index in [4.69, 9.17) is 4.74 Å². The van der Waals surface area contributed by atoms with E-state index in [2.05, 4.69) is 9.88 Å². The molecule has 0 spiro atoms. The highest BCUT2D eigenvalue weighted by atomic mass is 32.2. The van der Waals surface area contributed by atoms with Crippen LogP contribution >= 0.6 is 11.8 Å². The van der Waals surface area contributed by atoms with E-state index in [1.165, 1.54) is 23.9 Å². The van der Waals surface area contributed by atoms with E-state index in [0.29, 0.717) is 48.4 Å². The van der Waals surface area contributed by atoms with Gasteiger partial charge in [-0.05, 0) is 105 Å². The Morgan fingerprint density at radius 1 is 1.17 bits per heavy atom. The molecule has 1 aliphatic heterocycles. The molecule has 4 rings (SSSR count). The van der Waals surface area contributed by atoms with Gasteiger partial charge in [0.15, 0.2) is 0 Å². The van der Waals surface area contributed by atoms with Crippen molar-refractivity contribution in [2.75, 3.05) is 32.5 Å². The van der Waals surface area contributed by atoms with Crippen molar-refractivity contribution in [1.82, 2.24) is 9.88 Å². The number of carboxylic acids is 1. The number of thioether (sulfide) groups is 1. The van der Waals surface area contributed by atoms with Crippen LogP contribution in [-0.2, 0) is 11.0 Å². The molecule has 2 heterocycles. The first-order valence-electron chi connectivity index (χ1n) is 14.0. The fourth-order valence-corrected chi connectivity index (χ4v) is 6.74. The molecular formula is C31H36F4N2O3S. The average Bonchev–Trinajstić information content (AvgIpc) is 2.96. The largest absolute Gasteiger partial charge is 0.497 e. The normalized spacial score (nSPS) is 18.9. The summed E-state index contributed by atoms with van der Waals surface area (Å²) < 4.78 is 60.7. The van der Waals surface area contributed by atoms with Gasteiger partial charge >= 0.3 is 12.1 Å². The molecule has 0 saturated carbocycles. The van der Waals surface area contributed by atoms with E-state index in [1.54, 1.807) is 37.6 Å². The summed E-state index contributed by atoms with van der Waals surface area (Å²) in [6, 6.07) is 12.8. The van der Waals surface area contributed by atoms with E-state index >= 15 is 4.39 Å². The molecule has 222 valence electrons. The predicted octanol–water partition coefficient (Wildman–Crippen LogP) is 8.04. The van der Waals surface area contributed by atoms with Gasteiger partial charge in [-0.15, -0.1) is 11.8 Å². The average molecular weight is 593 g/mol. The molecule has 5 nitrogen and oxygen atoms in total. The van der Waals surface area contributed by atoms with Crippen LogP contribution in [0.1, 0.15) is 55.8 Å². The molecule has 3 atom stereocenters. The van der Waals surface area contributed by atoms with Gasteiger partial charge in [0.05, 0.1) is 18.2 Å². The fourth-order valence-electron chi connectivity index (χ4n) is 5.73. The van der Waals surface area contributed by atoms with Gasteiger partial charge < -0.3 is 14.7 Å². The van der Waals surface area contributed by atoms with E-state index < -0.39 is 23.9 Å². The molecule has 10 heteroatoms. The molecular weight excluding hydrogens is 556 g/mol. The van der Waals surface area contributed by atoms with Crippen LogP contribution in [0.5, 0.6) is 5.75 Å². The van der Waals surface area contributed by atoms with Gasteiger partial charge in [-0.3, -0.25) is 9.78 Å². The number of pyridine rings is 1. The van der Waals surface area contributed by atoms with Crippen LogP contribution in [0.4, 0.5) is 17.6 Å². The second-order valence-corrected chi connectivity index (χ2v) is 11.7. The molecule has 1 fully saturated rings. The molecule has 1 aliphatic rings. The zero-order chi connectivity index (χ0) is 29.4. The van der Waals surface area contributed by atoms with Crippen molar-refractivity contribution in [3.05, 3.63) is 65.9 Å². The summed E-state index contributed by atoms with van der Waals surface area (Å²) in [7, 11) is 1.57. The summed E-state index contributed by atoms with van der Waals surface area (Å²) in [5.74, 6) is 0.685. The number of carboxylic acid groups (broad SMARTS) is 1. The number of nitrogens with zero attached hydrogens (tertiary/aromatic N) is 2. The van der Waals surface area contributed by atoms with Crippen molar-refractivity contribution in [1.29, 1.82) is 0 Å². The van der Waals surface area contributed by atoms with E-state index in [0.717, 1.165) is 37.4 Å². The molecule has 1 aromatic heterocycles. The first-order valence-corrected chi connectivity index (χ1v) is 14.9. The molecule has 3 aromatic rings. The first kappa shape index (κ1) is 31.1. The monoisotopic (exact) mass is 592 g/mol. The Kier molecular flexibility index (Phi) is 10.9. The number of alkyl halides is 4. The van der Waals surface area contributed by atoms with Crippen LogP contribution in [-0.4, -0.2) is 53.5 Å². The minimum absolute atomic E-state index is 0.0624. The molecule has 2 unspecified atom stereocenters. The van der Waals surface area contributed by atoms with Crippen LogP contribution in [0.15, 0.2) is 59.6 Å². The van der Waals surface area contributed by atoms with Gasteiger partial charge in [0.1, 0.15) is 11.9 Å². The van der Waals surface area contributed by atoms with Crippen molar-refractivity contribution < 1.29 is 32.2 Å². The molecule has 0 amide bonds. The zero-order valence-corrected chi connectivity index (χ0v) is 23.9. The lowest BCUT2D eigenvalue weighted by Gasteiger charge is -2.39. The predicted molar refractivity (Wildman–Crippen MR) is 153 cm³/mol. The number of hydrogen-bond donors (Lipinski definition) is 1. The van der Waals surface area contributed by atoms with E-state index in [9.17, 15) is 23.1 Å². The van der Waals surface area contributed by atoms with E-state index in [-0.39, 0.29) is 23.2 Å². The highest BCUT2D eigenvalue weighted by Gasteiger charge is 2.33. The number of fused-ring (bicyclic) bond motifs is 1. The maximum absolute atomic E-state index is 15.6. The number of piperidine rings is 1. The summed E-state index contributed by atoms with van der Waals surface area (Å²) in [6.45, 7) is 2.26. The zero-order valence-electron chi connectivity index (χ0n) is 23.1. The Morgan fingerprint density at radius 3 is 2.73 bits per heavy atom. The van der Waals surface area contributed by atoms with Crippen LogP contribution in [0, 0.1) is 11.8 Å². The first-order chi connectivity index (χ1) is 19.7. The van der Waals surface area contributed by atoms with Crippen molar-refractivity contribution in [2.45, 2.75) is 55.8 Å². The van der Waals surface area contributed by atoms with Gasteiger partial charge in [0.2, 0.25) is 0 Å². The van der Waals surface area contributed by atoms with Crippen LogP contribution in [0.25, 0.3) is 10.9 Å². The summed E-state index contributed by atoms with van der Waals surface area (Å²) in [5.41, 5.74) is 0.682. The smallest absolute Gasteiger partial charge is 0.417 e. The Balaban J connectivity index is 1.32. The Bertz CT molecular complexity index is 1310. The standard InChI is InChI=1S/C31H36F4N2O3S/c1-40-23-9-11-28-25(19-23)24(13-15-36-28)27(32)10-7-21-14-17-37(20-22(21)8-12-30(38)39)16-4-18-41-29-6-3-2-5-26(29)31(33,34)35/h2-3,5-6,9,11,13,15,19,21-22,27H,4,7-8,10,12,14,16-18,20H2,1H3,(H,38,39)/t21?,22?,27-/m0/s1. The Morgan fingerprint density at radius 2 is 1.98 bits per heavy atom. The van der Waals surface area contributed by atoms with Gasteiger partial charge in [0, 0.05) is 29.4 Å². The summed E-state index contributed by atoms with van der Waals surface area (Å²) in [4.78, 5) is 18.2. The lowest BCUT2D eigenvalue weighted by Crippen LogP contribution is -2.41. The number of hydrogen-bond acceptors (Lipinski definition) is 5. The molecule has 1 N–H and O–H groups in total. The topological polar surface area (TPSA) is 62.7 Å². The minimum atomic E-state index is -4.38. The quantitative estimate of drug-likeness (QED) is 0.123. The molecule has 2 aromatic carbocycles. The fraction of sp³-hybridized carbons (Fsp3) is 0.484. The number of carbonyl (C=O) groups is 1. The number of benzene rings is 2. The van der Waals surface area contributed by atoms with Crippen LogP contribution in [0.2, 0.25) is 0 Å². The third kappa shape index (κ3) is 8.58. The second-order valence-electron chi connectivity index (χ2n) is 10.6. The molecule has 0 aliphatic carbocycles.